The van der Waals surface area contributed by atoms with Crippen molar-refractivity contribution in [2.45, 2.75) is 18.3 Å². The standard InChI is InChI=1S/C22H24N2O4S/c25-22(28-17-18-6-2-1-3-7-18)23-12-14-24(15-13-23)29(26,27)21-11-10-19-8-4-5-9-20(19)16-21/h1-10,16,21H,11-15,17H2. The van der Waals surface area contributed by atoms with E-state index in [0.29, 0.717) is 19.5 Å². The van der Waals surface area contributed by atoms with E-state index in [1.165, 1.54) is 4.31 Å². The Bertz CT molecular complexity index is 1090. The minimum atomic E-state index is -3.46. The van der Waals surface area contributed by atoms with Crippen molar-refractivity contribution in [1.82, 2.24) is 9.21 Å². The lowest BCUT2D eigenvalue weighted by molar-refractivity contribution is 0.0838. The van der Waals surface area contributed by atoms with E-state index in [2.05, 4.69) is 0 Å². The zero-order valence-electron chi connectivity index (χ0n) is 16.1. The van der Waals surface area contributed by atoms with Gasteiger partial charge < -0.3 is 9.64 Å². The molecule has 1 aliphatic carbocycles. The summed E-state index contributed by atoms with van der Waals surface area (Å²) in [5.41, 5.74) is 0.923. The maximum atomic E-state index is 13.1. The SMILES string of the molecule is O=C(OCc1ccccc1)N1CCN(S(=O)(=O)C2C=c3ccccc3=CC2)CC1. The minimum Gasteiger partial charge on any atom is -0.445 e. The second kappa shape index (κ2) is 8.39. The minimum absolute atomic E-state index is 0.213. The first-order valence-electron chi connectivity index (χ1n) is 9.76. The largest absolute Gasteiger partial charge is 0.445 e. The summed E-state index contributed by atoms with van der Waals surface area (Å²) in [6, 6.07) is 17.3. The van der Waals surface area contributed by atoms with Gasteiger partial charge in [0.25, 0.3) is 0 Å². The molecular weight excluding hydrogens is 388 g/mol. The van der Waals surface area contributed by atoms with Crippen LogP contribution < -0.4 is 10.4 Å². The summed E-state index contributed by atoms with van der Waals surface area (Å²) in [4.78, 5) is 13.9. The van der Waals surface area contributed by atoms with Gasteiger partial charge in [-0.3, -0.25) is 0 Å². The summed E-state index contributed by atoms with van der Waals surface area (Å²) >= 11 is 0. The van der Waals surface area contributed by atoms with Crippen molar-refractivity contribution in [3.63, 3.8) is 0 Å². The van der Waals surface area contributed by atoms with Crippen LogP contribution in [-0.2, 0) is 21.4 Å². The molecule has 0 radical (unpaired) electrons. The molecule has 1 atom stereocenters. The topological polar surface area (TPSA) is 66.9 Å². The number of ether oxygens (including phenoxy) is 1. The Morgan fingerprint density at radius 3 is 2.31 bits per heavy atom. The van der Waals surface area contributed by atoms with E-state index in [0.717, 1.165) is 16.0 Å². The van der Waals surface area contributed by atoms with Crippen molar-refractivity contribution >= 4 is 28.3 Å². The Labute approximate surface area is 170 Å². The Kier molecular flexibility index (Phi) is 5.69. The predicted molar refractivity (Wildman–Crippen MR) is 112 cm³/mol. The lowest BCUT2D eigenvalue weighted by Crippen LogP contribution is -2.53. The van der Waals surface area contributed by atoms with E-state index < -0.39 is 21.4 Å². The molecule has 1 saturated heterocycles. The number of benzene rings is 2. The molecule has 0 bridgehead atoms. The first-order valence-corrected chi connectivity index (χ1v) is 11.3. The van der Waals surface area contributed by atoms with Crippen LogP contribution in [-0.4, -0.2) is 55.1 Å². The zero-order chi connectivity index (χ0) is 20.3. The summed E-state index contributed by atoms with van der Waals surface area (Å²) in [6.07, 6.45) is 3.89. The van der Waals surface area contributed by atoms with Crippen LogP contribution in [0.5, 0.6) is 0 Å². The summed E-state index contributed by atoms with van der Waals surface area (Å²) in [5.74, 6) is 0. The van der Waals surface area contributed by atoms with Gasteiger partial charge in [0.05, 0.1) is 5.25 Å². The van der Waals surface area contributed by atoms with Gasteiger partial charge in [0, 0.05) is 26.2 Å². The summed E-state index contributed by atoms with van der Waals surface area (Å²) in [5, 5.41) is 1.47. The lowest BCUT2D eigenvalue weighted by Gasteiger charge is -2.35. The van der Waals surface area contributed by atoms with Crippen LogP contribution in [0.2, 0.25) is 0 Å². The first-order chi connectivity index (χ1) is 14.0. The number of amides is 1. The molecule has 0 saturated carbocycles. The lowest BCUT2D eigenvalue weighted by atomic mass is 10.1. The molecule has 1 amide bonds. The summed E-state index contributed by atoms with van der Waals surface area (Å²) in [7, 11) is -3.46. The zero-order valence-corrected chi connectivity index (χ0v) is 16.9. The van der Waals surface area contributed by atoms with Gasteiger partial charge in [-0.1, -0.05) is 66.7 Å². The van der Waals surface area contributed by atoms with Crippen molar-refractivity contribution in [2.24, 2.45) is 0 Å². The fourth-order valence-corrected chi connectivity index (χ4v) is 5.41. The molecule has 1 unspecified atom stereocenters. The van der Waals surface area contributed by atoms with Gasteiger partial charge in [0.1, 0.15) is 6.61 Å². The van der Waals surface area contributed by atoms with Gasteiger partial charge in [0.2, 0.25) is 10.0 Å². The first kappa shape index (κ1) is 19.7. The highest BCUT2D eigenvalue weighted by Crippen LogP contribution is 2.18. The fourth-order valence-electron chi connectivity index (χ4n) is 3.69. The Morgan fingerprint density at radius 2 is 1.59 bits per heavy atom. The van der Waals surface area contributed by atoms with Gasteiger partial charge in [-0.25, -0.2) is 13.2 Å². The van der Waals surface area contributed by atoms with Gasteiger partial charge in [0.15, 0.2) is 0 Å². The third kappa shape index (κ3) is 4.36. The van der Waals surface area contributed by atoms with E-state index >= 15 is 0 Å². The molecule has 29 heavy (non-hydrogen) atoms. The molecule has 0 N–H and O–H groups in total. The molecule has 6 nitrogen and oxygen atoms in total. The molecule has 152 valence electrons. The summed E-state index contributed by atoms with van der Waals surface area (Å²) < 4.78 is 33.0. The van der Waals surface area contributed by atoms with Gasteiger partial charge >= 0.3 is 6.09 Å². The van der Waals surface area contributed by atoms with Crippen molar-refractivity contribution in [1.29, 1.82) is 0 Å². The van der Waals surface area contributed by atoms with E-state index in [-0.39, 0.29) is 19.7 Å². The fraction of sp³-hybridized carbons (Fsp3) is 0.318. The molecule has 7 heteroatoms. The summed E-state index contributed by atoms with van der Waals surface area (Å²) in [6.45, 7) is 1.45. The second-order valence-corrected chi connectivity index (χ2v) is 9.40. The highest BCUT2D eigenvalue weighted by Gasteiger charge is 2.34. The molecular formula is C22H24N2O4S. The Hall–Kier alpha value is -2.64. The molecule has 4 rings (SSSR count). The second-order valence-electron chi connectivity index (χ2n) is 7.25. The van der Waals surface area contributed by atoms with Crippen LogP contribution in [0.1, 0.15) is 12.0 Å². The highest BCUT2D eigenvalue weighted by atomic mass is 32.2. The average molecular weight is 413 g/mol. The van der Waals surface area contributed by atoms with Crippen LogP contribution in [0.3, 0.4) is 0 Å². The number of carbonyl (C=O) groups excluding carboxylic acids is 1. The molecule has 1 fully saturated rings. The Morgan fingerprint density at radius 1 is 0.931 bits per heavy atom. The molecule has 1 aliphatic heterocycles. The van der Waals surface area contributed by atoms with Crippen LogP contribution in [0.4, 0.5) is 4.79 Å². The van der Waals surface area contributed by atoms with E-state index in [1.54, 1.807) is 4.90 Å². The van der Waals surface area contributed by atoms with E-state index in [4.69, 9.17) is 4.74 Å². The van der Waals surface area contributed by atoms with Crippen molar-refractivity contribution < 1.29 is 17.9 Å². The van der Waals surface area contributed by atoms with Crippen molar-refractivity contribution in [3.05, 3.63) is 70.6 Å². The molecule has 2 aromatic rings. The van der Waals surface area contributed by atoms with Gasteiger partial charge in [-0.15, -0.1) is 0 Å². The molecule has 0 spiro atoms. The number of piperazine rings is 1. The molecule has 0 aromatic heterocycles. The quantitative estimate of drug-likeness (QED) is 0.759. The number of nitrogens with zero attached hydrogens (tertiary/aromatic N) is 2. The third-order valence-corrected chi connectivity index (χ3v) is 7.55. The monoisotopic (exact) mass is 412 g/mol. The van der Waals surface area contributed by atoms with Crippen molar-refractivity contribution in [2.75, 3.05) is 26.2 Å². The van der Waals surface area contributed by atoms with Crippen LogP contribution in [0.25, 0.3) is 12.2 Å². The molecule has 1 heterocycles. The number of hydrogen-bond acceptors (Lipinski definition) is 4. The number of fused-ring (bicyclic) bond motifs is 1. The predicted octanol–water partition coefficient (Wildman–Crippen LogP) is 1.30. The molecule has 2 aliphatic rings. The normalized spacial score (nSPS) is 19.6. The average Bonchev–Trinajstić information content (AvgIpc) is 2.78. The highest BCUT2D eigenvalue weighted by molar-refractivity contribution is 7.90. The van der Waals surface area contributed by atoms with E-state index in [1.807, 2.05) is 66.7 Å². The van der Waals surface area contributed by atoms with Crippen LogP contribution >= 0.6 is 0 Å². The maximum Gasteiger partial charge on any atom is 0.410 e. The van der Waals surface area contributed by atoms with Crippen molar-refractivity contribution in [3.8, 4) is 0 Å². The Balaban J connectivity index is 1.35. The number of carbonyl (C=O) groups is 1. The number of hydrogen-bond donors (Lipinski definition) is 0. The van der Waals surface area contributed by atoms with E-state index in [9.17, 15) is 13.2 Å². The van der Waals surface area contributed by atoms with Crippen LogP contribution in [0.15, 0.2) is 54.6 Å². The van der Waals surface area contributed by atoms with Gasteiger partial charge in [-0.2, -0.15) is 4.31 Å². The third-order valence-electron chi connectivity index (χ3n) is 5.38. The number of rotatable bonds is 4. The van der Waals surface area contributed by atoms with Crippen LogP contribution in [0, 0.1) is 0 Å². The van der Waals surface area contributed by atoms with Gasteiger partial charge in [-0.05, 0) is 22.4 Å². The maximum absolute atomic E-state index is 13.1. The molecule has 2 aromatic carbocycles. The smallest absolute Gasteiger partial charge is 0.410 e. The number of sulfonamides is 1.